The van der Waals surface area contributed by atoms with Crippen LogP contribution in [0.2, 0.25) is 0 Å². The topological polar surface area (TPSA) is 141 Å². The van der Waals surface area contributed by atoms with Crippen LogP contribution in [0.3, 0.4) is 0 Å². The van der Waals surface area contributed by atoms with Crippen molar-refractivity contribution in [2.24, 2.45) is 0 Å². The van der Waals surface area contributed by atoms with E-state index in [0.717, 1.165) is 0 Å². The van der Waals surface area contributed by atoms with E-state index in [2.05, 4.69) is 0 Å². The monoisotopic (exact) mass is 217 g/mol. The van der Waals surface area contributed by atoms with Gasteiger partial charge in [-0.3, -0.25) is 8.42 Å². The molecule has 0 aromatic rings. The van der Waals surface area contributed by atoms with Gasteiger partial charge >= 0.3 is 24.1 Å². The molecule has 0 spiro atoms. The van der Waals surface area contributed by atoms with E-state index < -0.39 is 17.7 Å². The Bertz CT molecular complexity index is 125. The first-order chi connectivity index (χ1) is 3.73. The van der Waals surface area contributed by atoms with Crippen molar-refractivity contribution in [3.63, 3.8) is 0 Å². The van der Waals surface area contributed by atoms with Crippen LogP contribution in [0.5, 0.6) is 0 Å². The molecule has 0 rings (SSSR count). The van der Waals surface area contributed by atoms with Crippen LogP contribution in [0.15, 0.2) is 0 Å². The summed E-state index contributed by atoms with van der Waals surface area (Å²) in [7, 11) is -7.33. The molecule has 0 heterocycles. The van der Waals surface area contributed by atoms with Crippen LogP contribution in [0.25, 0.3) is 0 Å². The summed E-state index contributed by atoms with van der Waals surface area (Å²) < 4.78 is 34.1. The van der Waals surface area contributed by atoms with Gasteiger partial charge in [-0.05, 0) is 0 Å². The zero-order valence-electron chi connectivity index (χ0n) is 4.29. The van der Waals surface area contributed by atoms with Crippen LogP contribution in [-0.4, -0.2) is 39.9 Å². The van der Waals surface area contributed by atoms with Crippen LogP contribution in [0.4, 0.5) is 0 Å². The van der Waals surface area contributed by atoms with Gasteiger partial charge in [0.1, 0.15) is 0 Å². The van der Waals surface area contributed by atoms with Crippen molar-refractivity contribution in [1.82, 2.24) is 0 Å². The Morgan fingerprint density at radius 3 is 1.10 bits per heavy atom. The van der Waals surface area contributed by atoms with Crippen LogP contribution in [0, 0.1) is 0 Å². The molecule has 0 atom stereocenters. The molecule has 0 unspecified atom stereocenters. The second-order valence-electron chi connectivity index (χ2n) is 0.755. The molecule has 0 aliphatic rings. The second-order valence-corrected chi connectivity index (χ2v) is 1.57. The van der Waals surface area contributed by atoms with Crippen molar-refractivity contribution in [2.75, 3.05) is 0 Å². The average molecular weight is 217 g/mol. The molecule has 0 fully saturated rings. The standard InChI is InChI=1S/BH3O3.Co.H2O4S/c2-1(3)4;;1-5(2,3)4/h2-4H;;(H2,1,2,3,4)/q;+2;/p-2. The van der Waals surface area contributed by atoms with Gasteiger partial charge in [0.05, 0.1) is 0 Å². The molecule has 0 aromatic heterocycles. The Balaban J connectivity index is -0.0000000910. The third kappa shape index (κ3) is 4320. The first kappa shape index (κ1) is 16.7. The minimum atomic E-state index is -5.17. The molecular formula is H3BCoO7S. The smallest absolute Gasteiger partial charge is 0.759 e. The molecule has 0 saturated heterocycles. The zero-order chi connectivity index (χ0) is 8.08. The Morgan fingerprint density at radius 2 is 1.10 bits per heavy atom. The predicted octanol–water partition coefficient (Wildman–Crippen LogP) is -3.39. The number of hydrogen-bond donors (Lipinski definition) is 3. The van der Waals surface area contributed by atoms with Gasteiger partial charge in [0.15, 0.2) is 0 Å². The zero-order valence-corrected chi connectivity index (χ0v) is 6.15. The van der Waals surface area contributed by atoms with Gasteiger partial charge < -0.3 is 24.2 Å². The van der Waals surface area contributed by atoms with Gasteiger partial charge in [-0.25, -0.2) is 0 Å². The number of hydrogen-bond acceptors (Lipinski definition) is 7. The van der Waals surface area contributed by atoms with Crippen molar-refractivity contribution in [1.29, 1.82) is 0 Å². The van der Waals surface area contributed by atoms with Crippen LogP contribution >= 0.6 is 0 Å². The van der Waals surface area contributed by atoms with Crippen molar-refractivity contribution in [3.8, 4) is 0 Å². The van der Waals surface area contributed by atoms with Crippen LogP contribution < -0.4 is 0 Å². The van der Waals surface area contributed by atoms with E-state index in [1.165, 1.54) is 0 Å². The SMILES string of the molecule is O=S(=O)([O-])[O-].OB(O)O.[Co+2]. The molecule has 10 heavy (non-hydrogen) atoms. The summed E-state index contributed by atoms with van der Waals surface area (Å²) in [6, 6.07) is 0. The summed E-state index contributed by atoms with van der Waals surface area (Å²) in [6.45, 7) is 0. The molecule has 63 valence electrons. The Kier molecular flexibility index (Phi) is 12.4. The van der Waals surface area contributed by atoms with E-state index in [4.69, 9.17) is 32.6 Å². The predicted molar refractivity (Wildman–Crippen MR) is 22.9 cm³/mol. The van der Waals surface area contributed by atoms with Crippen molar-refractivity contribution in [3.05, 3.63) is 0 Å². The Labute approximate surface area is 67.6 Å². The van der Waals surface area contributed by atoms with Crippen LogP contribution in [0.1, 0.15) is 0 Å². The van der Waals surface area contributed by atoms with E-state index in [-0.39, 0.29) is 16.8 Å². The van der Waals surface area contributed by atoms with E-state index in [9.17, 15) is 0 Å². The minimum Gasteiger partial charge on any atom is -0.759 e. The average Bonchev–Trinajstić information content (AvgIpc) is 1.19. The first-order valence-electron chi connectivity index (χ1n) is 1.44. The molecule has 7 nitrogen and oxygen atoms in total. The summed E-state index contributed by atoms with van der Waals surface area (Å²) in [5, 5.41) is 21.5. The van der Waals surface area contributed by atoms with Crippen molar-refractivity contribution >= 4 is 17.7 Å². The molecule has 0 aromatic carbocycles. The third-order valence-corrected chi connectivity index (χ3v) is 0. The molecule has 10 heteroatoms. The van der Waals surface area contributed by atoms with Gasteiger partial charge in [-0.15, -0.1) is 0 Å². The number of rotatable bonds is 0. The van der Waals surface area contributed by atoms with Gasteiger partial charge in [0.25, 0.3) is 0 Å². The Morgan fingerprint density at radius 1 is 1.10 bits per heavy atom. The second kappa shape index (κ2) is 7.43. The van der Waals surface area contributed by atoms with E-state index in [0.29, 0.717) is 0 Å². The van der Waals surface area contributed by atoms with Crippen molar-refractivity contribution < 1.29 is 49.4 Å². The summed E-state index contributed by atoms with van der Waals surface area (Å²) in [5.74, 6) is 0. The molecule has 0 amide bonds. The maximum absolute atomic E-state index is 8.52. The first-order valence-corrected chi connectivity index (χ1v) is 2.77. The quantitative estimate of drug-likeness (QED) is 0.218. The normalized spacial score (nSPS) is 8.50. The summed E-state index contributed by atoms with van der Waals surface area (Å²) in [6.07, 6.45) is 0. The minimum absolute atomic E-state index is 0. The largest absolute Gasteiger partial charge is 2.00 e. The molecule has 1 radical (unpaired) electrons. The summed E-state index contributed by atoms with van der Waals surface area (Å²) in [5.41, 5.74) is 0. The van der Waals surface area contributed by atoms with E-state index in [1.807, 2.05) is 0 Å². The van der Waals surface area contributed by atoms with E-state index in [1.54, 1.807) is 0 Å². The van der Waals surface area contributed by atoms with Gasteiger partial charge in [-0.2, -0.15) is 0 Å². The summed E-state index contributed by atoms with van der Waals surface area (Å²) >= 11 is 0. The fourth-order valence-electron chi connectivity index (χ4n) is 0. The van der Waals surface area contributed by atoms with Gasteiger partial charge in [0, 0.05) is 10.4 Å². The molecule has 0 bridgehead atoms. The maximum atomic E-state index is 8.52. The summed E-state index contributed by atoms with van der Waals surface area (Å²) in [4.78, 5) is 0. The molecule has 0 saturated carbocycles. The van der Waals surface area contributed by atoms with Crippen molar-refractivity contribution in [2.45, 2.75) is 0 Å². The van der Waals surface area contributed by atoms with E-state index >= 15 is 0 Å². The molecule has 0 aliphatic heterocycles. The fraction of sp³-hybridized carbons (Fsp3) is 0. The van der Waals surface area contributed by atoms with Gasteiger partial charge in [0.2, 0.25) is 0 Å². The molecular weight excluding hydrogens is 214 g/mol. The molecule has 3 N–H and O–H groups in total. The van der Waals surface area contributed by atoms with Gasteiger partial charge in [-0.1, -0.05) is 0 Å². The Hall–Kier alpha value is 0.321. The third-order valence-electron chi connectivity index (χ3n) is 0. The molecule has 0 aliphatic carbocycles. The van der Waals surface area contributed by atoms with Crippen LogP contribution in [-0.2, 0) is 27.2 Å². The fourth-order valence-corrected chi connectivity index (χ4v) is 0. The maximum Gasteiger partial charge on any atom is 2.00 e.